The summed E-state index contributed by atoms with van der Waals surface area (Å²) in [6.07, 6.45) is 3.05. The van der Waals surface area contributed by atoms with Crippen molar-refractivity contribution in [1.29, 1.82) is 0 Å². The quantitative estimate of drug-likeness (QED) is 0.501. The van der Waals surface area contributed by atoms with E-state index in [1.807, 2.05) is 48.7 Å². The standard InChI is InChI=1S/C20H17NO4S/c1-13-15-7-3-4-8-16(15)21-17(19(13)20(23)24-2)12-25-18(22)10-9-14-6-5-11-26-14/h3-11H,12H2,1-2H3/b10-9+. The van der Waals surface area contributed by atoms with E-state index >= 15 is 0 Å². The first-order valence-electron chi connectivity index (χ1n) is 7.95. The summed E-state index contributed by atoms with van der Waals surface area (Å²) in [5, 5.41) is 2.79. The van der Waals surface area contributed by atoms with Crippen LogP contribution in [0.4, 0.5) is 0 Å². The summed E-state index contributed by atoms with van der Waals surface area (Å²) in [4.78, 5) is 29.6. The van der Waals surface area contributed by atoms with Gasteiger partial charge in [-0.2, -0.15) is 0 Å². The predicted molar refractivity (Wildman–Crippen MR) is 101 cm³/mol. The number of carbonyl (C=O) groups excluding carboxylic acids is 2. The fourth-order valence-electron chi connectivity index (χ4n) is 2.64. The average molecular weight is 367 g/mol. The molecular formula is C20H17NO4S. The molecule has 0 N–H and O–H groups in total. The molecule has 0 saturated carbocycles. The Morgan fingerprint density at radius 1 is 1.19 bits per heavy atom. The number of para-hydroxylation sites is 1. The van der Waals surface area contributed by atoms with Gasteiger partial charge in [-0.3, -0.25) is 0 Å². The molecule has 0 aliphatic heterocycles. The molecule has 0 fully saturated rings. The van der Waals surface area contributed by atoms with Crippen LogP contribution in [0, 0.1) is 6.92 Å². The molecule has 0 bridgehead atoms. The molecule has 3 aromatic rings. The van der Waals surface area contributed by atoms with E-state index in [9.17, 15) is 9.59 Å². The van der Waals surface area contributed by atoms with Crippen LogP contribution in [0.1, 0.15) is 26.5 Å². The molecule has 0 aliphatic carbocycles. The van der Waals surface area contributed by atoms with Gasteiger partial charge in [0.1, 0.15) is 6.61 Å². The molecule has 3 rings (SSSR count). The third kappa shape index (κ3) is 3.81. The zero-order valence-corrected chi connectivity index (χ0v) is 15.2. The van der Waals surface area contributed by atoms with Crippen molar-refractivity contribution in [3.63, 3.8) is 0 Å². The zero-order chi connectivity index (χ0) is 18.5. The van der Waals surface area contributed by atoms with Crippen LogP contribution in [-0.4, -0.2) is 24.0 Å². The number of hydrogen-bond acceptors (Lipinski definition) is 6. The van der Waals surface area contributed by atoms with E-state index in [0.717, 1.165) is 21.3 Å². The second kappa shape index (κ2) is 7.93. The van der Waals surface area contributed by atoms with Gasteiger partial charge >= 0.3 is 11.9 Å². The number of carbonyl (C=O) groups is 2. The maximum atomic E-state index is 12.2. The summed E-state index contributed by atoms with van der Waals surface area (Å²) >= 11 is 1.52. The average Bonchev–Trinajstić information content (AvgIpc) is 3.18. The lowest BCUT2D eigenvalue weighted by molar-refractivity contribution is -0.139. The highest BCUT2D eigenvalue weighted by Crippen LogP contribution is 2.24. The molecule has 0 aliphatic rings. The topological polar surface area (TPSA) is 65.5 Å². The summed E-state index contributed by atoms with van der Waals surface area (Å²) in [6.45, 7) is 1.72. The third-order valence-corrected chi connectivity index (χ3v) is 4.73. The van der Waals surface area contributed by atoms with Gasteiger partial charge in [0.25, 0.3) is 0 Å². The Labute approximate surface area is 154 Å². The van der Waals surface area contributed by atoms with Crippen molar-refractivity contribution in [2.45, 2.75) is 13.5 Å². The Morgan fingerprint density at radius 3 is 2.73 bits per heavy atom. The third-order valence-electron chi connectivity index (χ3n) is 3.89. The number of esters is 2. The summed E-state index contributed by atoms with van der Waals surface area (Å²) in [5.41, 5.74) is 2.20. The van der Waals surface area contributed by atoms with Crippen LogP contribution in [0.5, 0.6) is 0 Å². The van der Waals surface area contributed by atoms with E-state index in [0.29, 0.717) is 11.3 Å². The predicted octanol–water partition coefficient (Wildman–Crippen LogP) is 4.15. The minimum atomic E-state index is -0.499. The van der Waals surface area contributed by atoms with Crippen molar-refractivity contribution in [1.82, 2.24) is 4.98 Å². The summed E-state index contributed by atoms with van der Waals surface area (Å²) in [6, 6.07) is 11.3. The number of ether oxygens (including phenoxy) is 2. The normalized spacial score (nSPS) is 11.0. The van der Waals surface area contributed by atoms with E-state index in [-0.39, 0.29) is 6.61 Å². The number of aromatic nitrogens is 1. The Kier molecular flexibility index (Phi) is 5.43. The second-order valence-corrected chi connectivity index (χ2v) is 6.50. The maximum absolute atomic E-state index is 12.2. The minimum absolute atomic E-state index is 0.107. The first-order valence-corrected chi connectivity index (χ1v) is 8.83. The number of rotatable bonds is 5. The smallest absolute Gasteiger partial charge is 0.340 e. The van der Waals surface area contributed by atoms with Gasteiger partial charge in [-0.1, -0.05) is 24.3 Å². The Hall–Kier alpha value is -2.99. The summed E-state index contributed by atoms with van der Waals surface area (Å²) in [7, 11) is 1.32. The molecule has 0 unspecified atom stereocenters. The van der Waals surface area contributed by atoms with Crippen molar-refractivity contribution in [2.75, 3.05) is 7.11 Å². The first kappa shape index (κ1) is 17.8. The van der Waals surface area contributed by atoms with Crippen molar-refractivity contribution in [3.05, 3.63) is 69.6 Å². The van der Waals surface area contributed by atoms with Gasteiger partial charge < -0.3 is 9.47 Å². The highest BCUT2D eigenvalue weighted by Gasteiger charge is 2.20. The Balaban J connectivity index is 1.86. The highest BCUT2D eigenvalue weighted by molar-refractivity contribution is 7.10. The lowest BCUT2D eigenvalue weighted by Crippen LogP contribution is -2.13. The molecule has 132 valence electrons. The number of methoxy groups -OCH3 is 1. The van der Waals surface area contributed by atoms with Crippen LogP contribution in [0.2, 0.25) is 0 Å². The number of thiophene rings is 1. The number of hydrogen-bond donors (Lipinski definition) is 0. The fraction of sp³-hybridized carbons (Fsp3) is 0.150. The van der Waals surface area contributed by atoms with E-state index in [1.165, 1.54) is 24.5 Å². The summed E-state index contributed by atoms with van der Waals surface area (Å²) < 4.78 is 10.2. The van der Waals surface area contributed by atoms with Gasteiger partial charge in [0.15, 0.2) is 0 Å². The van der Waals surface area contributed by atoms with Crippen molar-refractivity contribution in [3.8, 4) is 0 Å². The molecule has 0 radical (unpaired) electrons. The van der Waals surface area contributed by atoms with Gasteiger partial charge in [-0.25, -0.2) is 14.6 Å². The molecule has 26 heavy (non-hydrogen) atoms. The van der Waals surface area contributed by atoms with Crippen molar-refractivity contribution < 1.29 is 19.1 Å². The Bertz CT molecular complexity index is 977. The first-order chi connectivity index (χ1) is 12.6. The van der Waals surface area contributed by atoms with E-state index in [1.54, 1.807) is 6.08 Å². The summed E-state index contributed by atoms with van der Waals surface area (Å²) in [5.74, 6) is -0.997. The van der Waals surface area contributed by atoms with Crippen LogP contribution >= 0.6 is 11.3 Å². The number of aryl methyl sites for hydroxylation is 1. The van der Waals surface area contributed by atoms with Crippen LogP contribution < -0.4 is 0 Å². The molecule has 2 heterocycles. The minimum Gasteiger partial charge on any atom is -0.465 e. The molecule has 2 aromatic heterocycles. The number of pyridine rings is 1. The second-order valence-electron chi connectivity index (χ2n) is 5.52. The van der Waals surface area contributed by atoms with Crippen LogP contribution in [-0.2, 0) is 20.9 Å². The number of nitrogens with zero attached hydrogens (tertiary/aromatic N) is 1. The monoisotopic (exact) mass is 367 g/mol. The SMILES string of the molecule is COC(=O)c1c(COC(=O)/C=C/c2cccs2)nc2ccccc2c1C. The van der Waals surface area contributed by atoms with E-state index in [4.69, 9.17) is 9.47 Å². The molecule has 5 nitrogen and oxygen atoms in total. The van der Waals surface area contributed by atoms with E-state index < -0.39 is 11.9 Å². The lowest BCUT2D eigenvalue weighted by atomic mass is 10.0. The molecule has 6 heteroatoms. The van der Waals surface area contributed by atoms with Gasteiger partial charge in [0.05, 0.1) is 23.9 Å². The van der Waals surface area contributed by atoms with Gasteiger partial charge in [-0.15, -0.1) is 11.3 Å². The number of benzene rings is 1. The van der Waals surface area contributed by atoms with Gasteiger partial charge in [0.2, 0.25) is 0 Å². The largest absolute Gasteiger partial charge is 0.465 e. The lowest BCUT2D eigenvalue weighted by Gasteiger charge is -2.13. The van der Waals surface area contributed by atoms with Gasteiger partial charge in [-0.05, 0) is 36.1 Å². The highest BCUT2D eigenvalue weighted by atomic mass is 32.1. The van der Waals surface area contributed by atoms with Crippen molar-refractivity contribution in [2.24, 2.45) is 0 Å². The molecule has 0 amide bonds. The molecule has 0 saturated heterocycles. The van der Waals surface area contributed by atoms with Gasteiger partial charge in [0, 0.05) is 16.3 Å². The molecule has 1 aromatic carbocycles. The zero-order valence-electron chi connectivity index (χ0n) is 14.4. The van der Waals surface area contributed by atoms with Crippen molar-refractivity contribution >= 4 is 40.3 Å². The van der Waals surface area contributed by atoms with E-state index in [2.05, 4.69) is 4.98 Å². The Morgan fingerprint density at radius 2 is 2.00 bits per heavy atom. The maximum Gasteiger partial charge on any atom is 0.340 e. The fourth-order valence-corrected chi connectivity index (χ4v) is 3.26. The molecule has 0 atom stereocenters. The molecular weight excluding hydrogens is 350 g/mol. The molecule has 0 spiro atoms. The van der Waals surface area contributed by atoms with Crippen LogP contribution in [0.15, 0.2) is 47.9 Å². The number of fused-ring (bicyclic) bond motifs is 1. The van der Waals surface area contributed by atoms with Crippen LogP contribution in [0.25, 0.3) is 17.0 Å². The van der Waals surface area contributed by atoms with Crippen LogP contribution in [0.3, 0.4) is 0 Å².